The maximum absolute atomic E-state index is 11.9. The summed E-state index contributed by atoms with van der Waals surface area (Å²) in [7, 11) is 1.67. The van der Waals surface area contributed by atoms with Crippen molar-refractivity contribution in [3.05, 3.63) is 35.7 Å². The van der Waals surface area contributed by atoms with Crippen molar-refractivity contribution in [2.45, 2.75) is 38.3 Å². The van der Waals surface area contributed by atoms with E-state index >= 15 is 0 Å². The van der Waals surface area contributed by atoms with Crippen LogP contribution in [0.2, 0.25) is 0 Å². The molecule has 28 heavy (non-hydrogen) atoms. The van der Waals surface area contributed by atoms with Crippen LogP contribution >= 0.6 is 0 Å². The van der Waals surface area contributed by atoms with Gasteiger partial charge in [0.2, 0.25) is 0 Å². The zero-order valence-corrected chi connectivity index (χ0v) is 16.2. The molecule has 5 rings (SSSR count). The number of pyridine rings is 1. The first-order chi connectivity index (χ1) is 13.6. The van der Waals surface area contributed by atoms with Gasteiger partial charge in [-0.1, -0.05) is 6.07 Å². The van der Waals surface area contributed by atoms with Crippen LogP contribution in [0.4, 0.5) is 10.2 Å². The standard InChI is InChI=1S/C16H17N5O.C4H8FN/c1-9-3-6-11(19-16(9)17)12-8-18-14-7-13(22-2)15(10-4-5-10)20-21(12)14;5-4-1-2-6-3-4/h3,6-8,10H,4-5H2,1-2H3,(H2,17,19);4,6H,1-3H2. The molecule has 0 spiro atoms. The predicted molar refractivity (Wildman–Crippen MR) is 106 cm³/mol. The smallest absolute Gasteiger partial charge is 0.157 e. The number of imidazole rings is 1. The van der Waals surface area contributed by atoms with Crippen molar-refractivity contribution in [3.8, 4) is 17.1 Å². The second-order valence-corrected chi connectivity index (χ2v) is 7.27. The van der Waals surface area contributed by atoms with E-state index in [1.165, 1.54) is 0 Å². The van der Waals surface area contributed by atoms with E-state index in [0.29, 0.717) is 24.7 Å². The molecule has 0 radical (unpaired) electrons. The Hall–Kier alpha value is -2.74. The Balaban J connectivity index is 0.000000275. The molecular formula is C20H25FN6O. The van der Waals surface area contributed by atoms with Gasteiger partial charge in [-0.3, -0.25) is 0 Å². The van der Waals surface area contributed by atoms with E-state index in [-0.39, 0.29) is 0 Å². The van der Waals surface area contributed by atoms with Gasteiger partial charge in [0.15, 0.2) is 5.65 Å². The van der Waals surface area contributed by atoms with E-state index in [2.05, 4.69) is 15.3 Å². The number of aryl methyl sites for hydroxylation is 1. The molecule has 7 nitrogen and oxygen atoms in total. The van der Waals surface area contributed by atoms with E-state index in [1.54, 1.807) is 13.3 Å². The molecule has 1 atom stereocenters. The molecule has 3 aromatic rings. The van der Waals surface area contributed by atoms with Crippen molar-refractivity contribution < 1.29 is 9.13 Å². The number of nitrogens with zero attached hydrogens (tertiary/aromatic N) is 4. The van der Waals surface area contributed by atoms with E-state index in [9.17, 15) is 4.39 Å². The van der Waals surface area contributed by atoms with Gasteiger partial charge in [0.1, 0.15) is 29.1 Å². The summed E-state index contributed by atoms with van der Waals surface area (Å²) in [4.78, 5) is 8.86. The van der Waals surface area contributed by atoms with Crippen LogP contribution in [0.15, 0.2) is 24.4 Å². The third-order valence-corrected chi connectivity index (χ3v) is 5.07. The molecule has 1 unspecified atom stereocenters. The quantitative estimate of drug-likeness (QED) is 0.722. The molecule has 3 aromatic heterocycles. The molecule has 2 fully saturated rings. The lowest BCUT2D eigenvalue weighted by atomic mass is 10.2. The summed E-state index contributed by atoms with van der Waals surface area (Å²) >= 11 is 0. The molecule has 1 saturated carbocycles. The number of rotatable bonds is 3. The highest BCUT2D eigenvalue weighted by Crippen LogP contribution is 2.43. The minimum atomic E-state index is -0.565. The highest BCUT2D eigenvalue weighted by atomic mass is 19.1. The van der Waals surface area contributed by atoms with Gasteiger partial charge in [-0.05, 0) is 44.4 Å². The monoisotopic (exact) mass is 384 g/mol. The van der Waals surface area contributed by atoms with Crippen LogP contribution in [0.5, 0.6) is 5.75 Å². The van der Waals surface area contributed by atoms with Gasteiger partial charge in [-0.15, -0.1) is 0 Å². The Kier molecular flexibility index (Phi) is 5.13. The Morgan fingerprint density at radius 1 is 1.29 bits per heavy atom. The summed E-state index contributed by atoms with van der Waals surface area (Å²) < 4.78 is 19.1. The average molecular weight is 384 g/mol. The average Bonchev–Trinajstić information content (AvgIpc) is 3.29. The van der Waals surface area contributed by atoms with Gasteiger partial charge in [-0.25, -0.2) is 18.9 Å². The summed E-state index contributed by atoms with van der Waals surface area (Å²) in [6, 6.07) is 5.84. The number of aromatic nitrogens is 4. The zero-order chi connectivity index (χ0) is 19.7. The van der Waals surface area contributed by atoms with Crippen LogP contribution in [-0.4, -0.2) is 46.0 Å². The Morgan fingerprint density at radius 3 is 2.68 bits per heavy atom. The van der Waals surface area contributed by atoms with Crippen molar-refractivity contribution in [2.75, 3.05) is 25.9 Å². The topological polar surface area (TPSA) is 90.4 Å². The van der Waals surface area contributed by atoms with Crippen molar-refractivity contribution in [1.29, 1.82) is 0 Å². The Labute approximate surface area is 163 Å². The van der Waals surface area contributed by atoms with Crippen molar-refractivity contribution in [2.24, 2.45) is 0 Å². The van der Waals surface area contributed by atoms with Gasteiger partial charge in [0.25, 0.3) is 0 Å². The first-order valence-corrected chi connectivity index (χ1v) is 9.57. The third kappa shape index (κ3) is 3.77. The van der Waals surface area contributed by atoms with Gasteiger partial charge in [0, 0.05) is 18.5 Å². The first-order valence-electron chi connectivity index (χ1n) is 9.57. The summed E-state index contributed by atoms with van der Waals surface area (Å²) in [5.74, 6) is 1.83. The maximum Gasteiger partial charge on any atom is 0.157 e. The molecule has 4 heterocycles. The minimum absolute atomic E-state index is 0.491. The first kappa shape index (κ1) is 18.6. The summed E-state index contributed by atoms with van der Waals surface area (Å²) in [5.41, 5.74) is 10.2. The van der Waals surface area contributed by atoms with Crippen LogP contribution in [0.3, 0.4) is 0 Å². The van der Waals surface area contributed by atoms with Crippen molar-refractivity contribution >= 4 is 11.5 Å². The number of halogens is 1. The highest BCUT2D eigenvalue weighted by Gasteiger charge is 2.29. The number of methoxy groups -OCH3 is 1. The number of alkyl halides is 1. The van der Waals surface area contributed by atoms with Crippen molar-refractivity contribution in [1.82, 2.24) is 24.9 Å². The van der Waals surface area contributed by atoms with Gasteiger partial charge in [0.05, 0.1) is 19.0 Å². The molecular weight excluding hydrogens is 359 g/mol. The van der Waals surface area contributed by atoms with Gasteiger partial charge in [-0.2, -0.15) is 5.10 Å². The highest BCUT2D eigenvalue weighted by molar-refractivity contribution is 5.63. The van der Waals surface area contributed by atoms with Gasteiger partial charge >= 0.3 is 0 Å². The number of nitrogens with one attached hydrogen (secondary N) is 1. The number of nitrogens with two attached hydrogens (primary N) is 1. The predicted octanol–water partition coefficient (Wildman–Crippen LogP) is 2.89. The fraction of sp³-hybridized carbons (Fsp3) is 0.450. The van der Waals surface area contributed by atoms with Crippen molar-refractivity contribution in [3.63, 3.8) is 0 Å². The second kappa shape index (κ2) is 7.71. The summed E-state index contributed by atoms with van der Waals surface area (Å²) in [5, 5.41) is 7.64. The third-order valence-electron chi connectivity index (χ3n) is 5.07. The molecule has 0 aromatic carbocycles. The number of hydrogen-bond acceptors (Lipinski definition) is 6. The largest absolute Gasteiger partial charge is 0.495 e. The summed E-state index contributed by atoms with van der Waals surface area (Å²) in [6.45, 7) is 3.37. The Morgan fingerprint density at radius 2 is 2.11 bits per heavy atom. The molecule has 2 aliphatic rings. The number of nitrogen functional groups attached to an aromatic ring is 1. The van der Waals surface area contributed by atoms with E-state index < -0.39 is 6.17 Å². The molecule has 3 N–H and O–H groups in total. The lowest BCUT2D eigenvalue weighted by Crippen LogP contribution is -2.08. The fourth-order valence-electron chi connectivity index (χ4n) is 3.20. The maximum atomic E-state index is 11.9. The zero-order valence-electron chi connectivity index (χ0n) is 16.2. The van der Waals surface area contributed by atoms with Gasteiger partial charge < -0.3 is 15.8 Å². The molecule has 1 aliphatic carbocycles. The Bertz CT molecular complexity index is 978. The van der Waals surface area contributed by atoms with Crippen LogP contribution < -0.4 is 15.8 Å². The van der Waals surface area contributed by atoms with Crippen LogP contribution in [-0.2, 0) is 0 Å². The van der Waals surface area contributed by atoms with E-state index in [0.717, 1.165) is 53.4 Å². The van der Waals surface area contributed by atoms with Crippen LogP contribution in [0, 0.1) is 6.92 Å². The van der Waals surface area contributed by atoms with Crippen LogP contribution in [0.25, 0.3) is 17.0 Å². The van der Waals surface area contributed by atoms with E-state index in [1.807, 2.05) is 29.6 Å². The fourth-order valence-corrected chi connectivity index (χ4v) is 3.20. The SMILES string of the molecule is COc1cc2ncc(-c3ccc(C)c(N)n3)n2nc1C1CC1.FC1CCNC1. The van der Waals surface area contributed by atoms with Crippen LogP contribution in [0.1, 0.15) is 36.4 Å². The number of ether oxygens (including phenoxy) is 1. The minimum Gasteiger partial charge on any atom is -0.495 e. The lowest BCUT2D eigenvalue weighted by molar-refractivity contribution is 0.361. The number of fused-ring (bicyclic) bond motifs is 1. The lowest BCUT2D eigenvalue weighted by Gasteiger charge is -2.09. The second-order valence-electron chi connectivity index (χ2n) is 7.27. The number of anilines is 1. The van der Waals surface area contributed by atoms with E-state index in [4.69, 9.17) is 15.6 Å². The molecule has 148 valence electrons. The number of hydrogen-bond donors (Lipinski definition) is 2. The normalized spacial score (nSPS) is 18.8. The molecule has 0 amide bonds. The molecule has 0 bridgehead atoms. The molecule has 1 saturated heterocycles. The molecule has 8 heteroatoms. The molecule has 1 aliphatic heterocycles. The summed E-state index contributed by atoms with van der Waals surface area (Å²) in [6.07, 6.45) is 4.24.